The fourth-order valence-electron chi connectivity index (χ4n) is 2.18. The summed E-state index contributed by atoms with van der Waals surface area (Å²) in [5.74, 6) is 1.14. The zero-order chi connectivity index (χ0) is 16.5. The highest BCUT2D eigenvalue weighted by Gasteiger charge is 2.18. The Labute approximate surface area is 133 Å². The van der Waals surface area contributed by atoms with E-state index in [2.05, 4.69) is 24.5 Å². The van der Waals surface area contributed by atoms with Crippen LogP contribution in [-0.2, 0) is 6.42 Å². The van der Waals surface area contributed by atoms with Crippen molar-refractivity contribution in [3.05, 3.63) is 29.8 Å². The van der Waals surface area contributed by atoms with Crippen molar-refractivity contribution in [2.45, 2.75) is 45.8 Å². The minimum atomic E-state index is -0.408. The summed E-state index contributed by atoms with van der Waals surface area (Å²) in [5.41, 5.74) is 1.08. The number of urea groups is 1. The van der Waals surface area contributed by atoms with Crippen molar-refractivity contribution in [1.29, 1.82) is 0 Å². The Morgan fingerprint density at radius 1 is 1.27 bits per heavy atom. The van der Waals surface area contributed by atoms with Gasteiger partial charge in [-0.3, -0.25) is 0 Å². The molecule has 124 valence electrons. The van der Waals surface area contributed by atoms with Crippen LogP contribution in [-0.4, -0.2) is 36.9 Å². The van der Waals surface area contributed by atoms with Gasteiger partial charge in [0.2, 0.25) is 0 Å². The average Bonchev–Trinajstić information content (AvgIpc) is 2.46. The first-order valence-electron chi connectivity index (χ1n) is 7.78. The van der Waals surface area contributed by atoms with Crippen molar-refractivity contribution in [2.24, 2.45) is 5.92 Å². The zero-order valence-electron chi connectivity index (χ0n) is 13.9. The average molecular weight is 308 g/mol. The molecular formula is C17H28N2O3. The number of amides is 2. The first-order chi connectivity index (χ1) is 10.4. The molecule has 0 aliphatic heterocycles. The second-order valence-corrected chi connectivity index (χ2v) is 5.90. The quantitative estimate of drug-likeness (QED) is 0.690. The van der Waals surface area contributed by atoms with E-state index in [0.29, 0.717) is 25.3 Å². The number of nitrogens with one attached hydrogen (secondary N) is 2. The van der Waals surface area contributed by atoms with Crippen molar-refractivity contribution in [3.63, 3.8) is 0 Å². The number of methoxy groups -OCH3 is 1. The predicted octanol–water partition coefficient (Wildman–Crippen LogP) is 2.33. The fourth-order valence-corrected chi connectivity index (χ4v) is 2.18. The monoisotopic (exact) mass is 308 g/mol. The van der Waals surface area contributed by atoms with Crippen LogP contribution in [0.1, 0.15) is 32.8 Å². The van der Waals surface area contributed by atoms with Gasteiger partial charge in [0.05, 0.1) is 13.2 Å². The van der Waals surface area contributed by atoms with Crippen molar-refractivity contribution in [3.8, 4) is 5.75 Å². The largest absolute Gasteiger partial charge is 0.496 e. The maximum absolute atomic E-state index is 11.9. The van der Waals surface area contributed by atoms with Crippen LogP contribution < -0.4 is 15.4 Å². The molecule has 0 saturated heterocycles. The summed E-state index contributed by atoms with van der Waals surface area (Å²) < 4.78 is 5.37. The molecule has 2 atom stereocenters. The minimum absolute atomic E-state index is 0.0165. The Bertz CT molecular complexity index is 461. The number of carbonyl (C=O) groups excluding carboxylic acids is 1. The molecule has 1 aromatic rings. The maximum atomic E-state index is 11.9. The van der Waals surface area contributed by atoms with Gasteiger partial charge < -0.3 is 20.5 Å². The molecular weight excluding hydrogens is 280 g/mol. The lowest BCUT2D eigenvalue weighted by molar-refractivity contribution is 0.183. The molecule has 22 heavy (non-hydrogen) atoms. The van der Waals surface area contributed by atoms with Gasteiger partial charge in [-0.2, -0.15) is 0 Å². The number of benzene rings is 1. The van der Waals surface area contributed by atoms with E-state index in [9.17, 15) is 9.90 Å². The number of rotatable bonds is 8. The summed E-state index contributed by atoms with van der Waals surface area (Å²) in [5, 5.41) is 15.0. The predicted molar refractivity (Wildman–Crippen MR) is 88.2 cm³/mol. The van der Waals surface area contributed by atoms with Gasteiger partial charge in [0, 0.05) is 12.6 Å². The minimum Gasteiger partial charge on any atom is -0.496 e. The Morgan fingerprint density at radius 2 is 1.95 bits per heavy atom. The number of carbonyl (C=O) groups is 1. The van der Waals surface area contributed by atoms with Crippen molar-refractivity contribution < 1.29 is 14.6 Å². The molecule has 0 heterocycles. The molecule has 0 aliphatic carbocycles. The summed E-state index contributed by atoms with van der Waals surface area (Å²) in [4.78, 5) is 11.9. The summed E-state index contributed by atoms with van der Waals surface area (Å²) >= 11 is 0. The molecule has 0 spiro atoms. The molecule has 0 fully saturated rings. The second-order valence-electron chi connectivity index (χ2n) is 5.90. The van der Waals surface area contributed by atoms with Crippen molar-refractivity contribution in [2.75, 3.05) is 13.7 Å². The van der Waals surface area contributed by atoms with Gasteiger partial charge in [-0.1, -0.05) is 32.0 Å². The van der Waals surface area contributed by atoms with E-state index in [-0.39, 0.29) is 12.1 Å². The second kappa shape index (κ2) is 9.30. The lowest BCUT2D eigenvalue weighted by atomic mass is 9.96. The van der Waals surface area contributed by atoms with Crippen LogP contribution in [0, 0.1) is 5.92 Å². The van der Waals surface area contributed by atoms with Gasteiger partial charge in [-0.15, -0.1) is 0 Å². The third-order valence-electron chi connectivity index (χ3n) is 3.60. The molecule has 2 unspecified atom stereocenters. The van der Waals surface area contributed by atoms with E-state index in [0.717, 1.165) is 11.3 Å². The number of hydrogen-bond donors (Lipinski definition) is 3. The third kappa shape index (κ3) is 6.35. The molecule has 5 nitrogen and oxygen atoms in total. The molecule has 1 aromatic carbocycles. The van der Waals surface area contributed by atoms with E-state index in [1.54, 1.807) is 14.0 Å². The lowest BCUT2D eigenvalue weighted by Crippen LogP contribution is -2.46. The summed E-state index contributed by atoms with van der Waals surface area (Å²) in [6.07, 6.45) is 0.854. The third-order valence-corrected chi connectivity index (χ3v) is 3.60. The maximum Gasteiger partial charge on any atom is 0.315 e. The molecule has 0 saturated carbocycles. The van der Waals surface area contributed by atoms with Gasteiger partial charge >= 0.3 is 6.03 Å². The van der Waals surface area contributed by atoms with E-state index < -0.39 is 6.10 Å². The molecule has 5 heteroatoms. The first-order valence-corrected chi connectivity index (χ1v) is 7.78. The molecule has 2 amide bonds. The molecule has 1 rings (SSSR count). The SMILES string of the molecule is COc1ccccc1CC(NC(=O)NCCC(C)O)C(C)C. The highest BCUT2D eigenvalue weighted by molar-refractivity contribution is 5.74. The van der Waals surface area contributed by atoms with E-state index >= 15 is 0 Å². The Kier molecular flexibility index (Phi) is 7.74. The van der Waals surface area contributed by atoms with Crippen LogP contribution in [0.5, 0.6) is 5.75 Å². The number of hydrogen-bond acceptors (Lipinski definition) is 3. The van der Waals surface area contributed by atoms with E-state index in [4.69, 9.17) is 4.74 Å². The molecule has 0 bridgehead atoms. The number of aliphatic hydroxyl groups is 1. The number of aliphatic hydroxyl groups excluding tert-OH is 1. The summed E-state index contributed by atoms with van der Waals surface area (Å²) in [6.45, 7) is 6.33. The Morgan fingerprint density at radius 3 is 2.55 bits per heavy atom. The first kappa shape index (κ1) is 18.3. The van der Waals surface area contributed by atoms with E-state index in [1.807, 2.05) is 24.3 Å². The van der Waals surface area contributed by atoms with Gasteiger partial charge in [-0.05, 0) is 37.3 Å². The van der Waals surface area contributed by atoms with Gasteiger partial charge in [-0.25, -0.2) is 4.79 Å². The van der Waals surface area contributed by atoms with Crippen LogP contribution in [0.25, 0.3) is 0 Å². The van der Waals surface area contributed by atoms with Gasteiger partial charge in [0.25, 0.3) is 0 Å². The number of ether oxygens (including phenoxy) is 1. The standard InChI is InChI=1S/C17H28N2O3/c1-12(2)15(19-17(21)18-10-9-13(3)20)11-14-7-5-6-8-16(14)22-4/h5-8,12-13,15,20H,9-11H2,1-4H3,(H2,18,19,21). The van der Waals surface area contributed by atoms with E-state index in [1.165, 1.54) is 0 Å². The van der Waals surface area contributed by atoms with Gasteiger partial charge in [0.15, 0.2) is 0 Å². The van der Waals surface area contributed by atoms with Crippen LogP contribution in [0.15, 0.2) is 24.3 Å². The van der Waals surface area contributed by atoms with Crippen molar-refractivity contribution in [1.82, 2.24) is 10.6 Å². The molecule has 0 radical (unpaired) electrons. The van der Waals surface area contributed by atoms with Crippen LogP contribution in [0.4, 0.5) is 4.79 Å². The lowest BCUT2D eigenvalue weighted by Gasteiger charge is -2.23. The summed E-state index contributed by atoms with van der Waals surface area (Å²) in [6, 6.07) is 7.66. The smallest absolute Gasteiger partial charge is 0.315 e. The fraction of sp³-hybridized carbons (Fsp3) is 0.588. The number of para-hydroxylation sites is 1. The van der Waals surface area contributed by atoms with Gasteiger partial charge in [0.1, 0.15) is 5.75 Å². The molecule has 3 N–H and O–H groups in total. The Balaban J connectivity index is 2.60. The van der Waals surface area contributed by atoms with Crippen LogP contribution in [0.3, 0.4) is 0 Å². The molecule has 0 aliphatic rings. The zero-order valence-corrected chi connectivity index (χ0v) is 13.9. The van der Waals surface area contributed by atoms with Crippen LogP contribution >= 0.6 is 0 Å². The molecule has 0 aromatic heterocycles. The van der Waals surface area contributed by atoms with Crippen LogP contribution in [0.2, 0.25) is 0 Å². The normalized spacial score (nSPS) is 13.5. The topological polar surface area (TPSA) is 70.6 Å². The highest BCUT2D eigenvalue weighted by atomic mass is 16.5. The highest BCUT2D eigenvalue weighted by Crippen LogP contribution is 2.21. The Hall–Kier alpha value is -1.75. The van der Waals surface area contributed by atoms with Crippen molar-refractivity contribution >= 4 is 6.03 Å². The summed E-state index contributed by atoms with van der Waals surface area (Å²) in [7, 11) is 1.65.